The van der Waals surface area contributed by atoms with Crippen LogP contribution in [0.3, 0.4) is 0 Å². The molecule has 26 heavy (non-hydrogen) atoms. The molecule has 142 valence electrons. The number of rotatable bonds is 6. The second kappa shape index (κ2) is 10.9. The van der Waals surface area contributed by atoms with Crippen LogP contribution in [0.15, 0.2) is 54.6 Å². The highest BCUT2D eigenvalue weighted by Gasteiger charge is 2.22. The molecule has 1 heterocycles. The van der Waals surface area contributed by atoms with Gasteiger partial charge in [-0.25, -0.2) is 0 Å². The minimum absolute atomic E-state index is 0. The Bertz CT molecular complexity index is 682. The topological polar surface area (TPSA) is 58.4 Å². The van der Waals surface area contributed by atoms with E-state index in [2.05, 4.69) is 34.5 Å². The van der Waals surface area contributed by atoms with E-state index in [0.29, 0.717) is 18.8 Å². The molecule has 0 radical (unpaired) electrons. The van der Waals surface area contributed by atoms with Crippen LogP contribution in [-0.4, -0.2) is 25.5 Å². The molecule has 3 rings (SSSR count). The SMILES string of the molecule is Cl.Cl.Nc1ccccc1CCC(=O)NCC1CCN(c2ccccc2)C1. The van der Waals surface area contributed by atoms with Gasteiger partial charge in [-0.3, -0.25) is 4.79 Å². The molecule has 0 aliphatic carbocycles. The number of hydrogen-bond donors (Lipinski definition) is 2. The molecule has 3 N–H and O–H groups in total. The van der Waals surface area contributed by atoms with E-state index in [1.165, 1.54) is 5.69 Å². The number of halogens is 2. The highest BCUT2D eigenvalue weighted by Crippen LogP contribution is 2.23. The molecule has 2 aromatic rings. The fourth-order valence-corrected chi connectivity index (χ4v) is 3.23. The van der Waals surface area contributed by atoms with E-state index in [1.807, 2.05) is 30.3 Å². The lowest BCUT2D eigenvalue weighted by atomic mass is 10.1. The first-order valence-corrected chi connectivity index (χ1v) is 8.62. The number of carbonyl (C=O) groups excluding carboxylic acids is 1. The van der Waals surface area contributed by atoms with Crippen LogP contribution in [0.4, 0.5) is 11.4 Å². The van der Waals surface area contributed by atoms with Crippen molar-refractivity contribution < 1.29 is 4.79 Å². The molecule has 6 heteroatoms. The van der Waals surface area contributed by atoms with Gasteiger partial charge in [0.15, 0.2) is 0 Å². The van der Waals surface area contributed by atoms with Gasteiger partial charge < -0.3 is 16.0 Å². The third-order valence-corrected chi connectivity index (χ3v) is 4.67. The maximum Gasteiger partial charge on any atom is 0.220 e. The van der Waals surface area contributed by atoms with Crippen LogP contribution in [0, 0.1) is 5.92 Å². The van der Waals surface area contributed by atoms with Crippen LogP contribution < -0.4 is 16.0 Å². The Labute approximate surface area is 168 Å². The maximum atomic E-state index is 12.1. The van der Waals surface area contributed by atoms with E-state index in [0.717, 1.165) is 37.3 Å². The van der Waals surface area contributed by atoms with Gasteiger partial charge in [0.05, 0.1) is 0 Å². The number of nitrogens with one attached hydrogen (secondary N) is 1. The largest absolute Gasteiger partial charge is 0.399 e. The van der Waals surface area contributed by atoms with E-state index >= 15 is 0 Å². The molecule has 1 fully saturated rings. The van der Waals surface area contributed by atoms with Crippen molar-refractivity contribution >= 4 is 42.1 Å². The summed E-state index contributed by atoms with van der Waals surface area (Å²) >= 11 is 0. The molecule has 0 bridgehead atoms. The number of amides is 1. The summed E-state index contributed by atoms with van der Waals surface area (Å²) in [6, 6.07) is 18.2. The zero-order valence-electron chi connectivity index (χ0n) is 14.8. The van der Waals surface area contributed by atoms with Gasteiger partial charge in [0.25, 0.3) is 0 Å². The molecule has 1 aliphatic heterocycles. The molecule has 1 saturated heterocycles. The number of aryl methyl sites for hydroxylation is 1. The number of nitrogen functional groups attached to an aromatic ring is 1. The van der Waals surface area contributed by atoms with Crippen LogP contribution in [0.1, 0.15) is 18.4 Å². The molecule has 0 saturated carbocycles. The summed E-state index contributed by atoms with van der Waals surface area (Å²) in [7, 11) is 0. The van der Waals surface area contributed by atoms with Crippen LogP contribution in [0.25, 0.3) is 0 Å². The third kappa shape index (κ3) is 6.11. The number of anilines is 2. The normalized spacial score (nSPS) is 15.7. The van der Waals surface area contributed by atoms with Crippen LogP contribution in [0.5, 0.6) is 0 Å². The average molecular weight is 396 g/mol. The van der Waals surface area contributed by atoms with Gasteiger partial charge in [-0.15, -0.1) is 24.8 Å². The summed E-state index contributed by atoms with van der Waals surface area (Å²) in [5, 5.41) is 3.08. The highest BCUT2D eigenvalue weighted by atomic mass is 35.5. The van der Waals surface area contributed by atoms with Gasteiger partial charge in [0, 0.05) is 37.4 Å². The van der Waals surface area contributed by atoms with Gasteiger partial charge in [-0.2, -0.15) is 0 Å². The molecule has 4 nitrogen and oxygen atoms in total. The molecule has 1 unspecified atom stereocenters. The Morgan fingerprint density at radius 2 is 1.77 bits per heavy atom. The van der Waals surface area contributed by atoms with Crippen LogP contribution >= 0.6 is 24.8 Å². The molecule has 0 aromatic heterocycles. The van der Waals surface area contributed by atoms with Crippen LogP contribution in [0.2, 0.25) is 0 Å². The molecule has 2 aromatic carbocycles. The molecule has 1 aliphatic rings. The van der Waals surface area contributed by atoms with E-state index in [1.54, 1.807) is 0 Å². The van der Waals surface area contributed by atoms with Gasteiger partial charge in [0.1, 0.15) is 0 Å². The van der Waals surface area contributed by atoms with Crippen molar-refractivity contribution in [2.75, 3.05) is 30.3 Å². The lowest BCUT2D eigenvalue weighted by Crippen LogP contribution is -2.31. The molecular formula is C20H27Cl2N3O. The Morgan fingerprint density at radius 3 is 2.50 bits per heavy atom. The molecular weight excluding hydrogens is 369 g/mol. The fraction of sp³-hybridized carbons (Fsp3) is 0.350. The number of carbonyl (C=O) groups is 1. The minimum Gasteiger partial charge on any atom is -0.399 e. The van der Waals surface area contributed by atoms with Gasteiger partial charge >= 0.3 is 0 Å². The zero-order chi connectivity index (χ0) is 16.8. The Morgan fingerprint density at radius 1 is 1.08 bits per heavy atom. The monoisotopic (exact) mass is 395 g/mol. The number of para-hydroxylation sites is 2. The number of nitrogens with two attached hydrogens (primary N) is 1. The first kappa shape index (κ1) is 22.1. The highest BCUT2D eigenvalue weighted by molar-refractivity contribution is 5.85. The summed E-state index contributed by atoms with van der Waals surface area (Å²) in [5.41, 5.74) is 8.99. The fourth-order valence-electron chi connectivity index (χ4n) is 3.23. The summed E-state index contributed by atoms with van der Waals surface area (Å²) in [4.78, 5) is 14.5. The van der Waals surface area contributed by atoms with Crippen molar-refractivity contribution in [2.24, 2.45) is 5.92 Å². The standard InChI is InChI=1S/C20H25N3O.2ClH/c21-19-9-5-4-6-17(19)10-11-20(24)22-14-16-12-13-23(15-16)18-7-2-1-3-8-18;;/h1-9,16H,10-15,21H2,(H,22,24);2*1H. The summed E-state index contributed by atoms with van der Waals surface area (Å²) < 4.78 is 0. The maximum absolute atomic E-state index is 12.1. The van der Waals surface area contributed by atoms with E-state index in [4.69, 9.17) is 5.73 Å². The summed E-state index contributed by atoms with van der Waals surface area (Å²) in [6.45, 7) is 2.83. The Kier molecular flexibility index (Phi) is 9.31. The summed E-state index contributed by atoms with van der Waals surface area (Å²) in [6.07, 6.45) is 2.31. The number of benzene rings is 2. The van der Waals surface area contributed by atoms with Crippen LogP contribution in [-0.2, 0) is 11.2 Å². The van der Waals surface area contributed by atoms with Gasteiger partial charge in [0.2, 0.25) is 5.91 Å². The van der Waals surface area contributed by atoms with Crippen molar-refractivity contribution in [2.45, 2.75) is 19.3 Å². The first-order valence-electron chi connectivity index (χ1n) is 8.62. The number of nitrogens with zero attached hydrogens (tertiary/aromatic N) is 1. The van der Waals surface area contributed by atoms with Crippen molar-refractivity contribution in [3.8, 4) is 0 Å². The predicted molar refractivity (Wildman–Crippen MR) is 113 cm³/mol. The average Bonchev–Trinajstić information content (AvgIpc) is 3.09. The molecule has 1 atom stereocenters. The smallest absolute Gasteiger partial charge is 0.220 e. The molecule has 0 spiro atoms. The predicted octanol–water partition coefficient (Wildman–Crippen LogP) is 3.69. The lowest BCUT2D eigenvalue weighted by Gasteiger charge is -2.18. The van der Waals surface area contributed by atoms with E-state index < -0.39 is 0 Å². The quantitative estimate of drug-likeness (QED) is 0.733. The zero-order valence-corrected chi connectivity index (χ0v) is 16.4. The van der Waals surface area contributed by atoms with Gasteiger partial charge in [-0.1, -0.05) is 36.4 Å². The first-order chi connectivity index (χ1) is 11.7. The van der Waals surface area contributed by atoms with Crippen molar-refractivity contribution in [3.63, 3.8) is 0 Å². The second-order valence-electron chi connectivity index (χ2n) is 6.44. The van der Waals surface area contributed by atoms with Crippen molar-refractivity contribution in [1.29, 1.82) is 0 Å². The van der Waals surface area contributed by atoms with Crippen molar-refractivity contribution in [1.82, 2.24) is 5.32 Å². The van der Waals surface area contributed by atoms with Gasteiger partial charge in [-0.05, 0) is 42.5 Å². The second-order valence-corrected chi connectivity index (χ2v) is 6.44. The minimum atomic E-state index is 0. The van der Waals surface area contributed by atoms with Crippen molar-refractivity contribution in [3.05, 3.63) is 60.2 Å². The summed E-state index contributed by atoms with van der Waals surface area (Å²) in [5.74, 6) is 0.632. The third-order valence-electron chi connectivity index (χ3n) is 4.67. The number of hydrogen-bond acceptors (Lipinski definition) is 3. The molecule has 1 amide bonds. The lowest BCUT2D eigenvalue weighted by molar-refractivity contribution is -0.121. The van der Waals surface area contributed by atoms with E-state index in [-0.39, 0.29) is 30.7 Å². The Balaban J connectivity index is 0.00000169. The van der Waals surface area contributed by atoms with E-state index in [9.17, 15) is 4.79 Å². The Hall–Kier alpha value is -1.91.